The minimum Gasteiger partial charge on any atom is -0.475 e. The Morgan fingerprint density at radius 1 is 1.10 bits per heavy atom. The van der Waals surface area contributed by atoms with Gasteiger partial charge in [0.15, 0.2) is 5.76 Å². The molecule has 0 aliphatic carbocycles. The van der Waals surface area contributed by atoms with Gasteiger partial charge in [-0.05, 0) is 30.3 Å². The van der Waals surface area contributed by atoms with E-state index in [1.54, 1.807) is 0 Å². The number of benzene rings is 1. The Kier molecular flexibility index (Phi) is 3.91. The molecular weight excluding hydrogens is 357 g/mol. The molecule has 1 aromatic heterocycles. The largest absolute Gasteiger partial charge is 0.475 e. The number of hydrogen-bond donors (Lipinski definition) is 1. The summed E-state index contributed by atoms with van der Waals surface area (Å²) in [5, 5.41) is 8.68. The van der Waals surface area contributed by atoms with Crippen molar-refractivity contribution in [2.75, 3.05) is 0 Å². The summed E-state index contributed by atoms with van der Waals surface area (Å²) >= 11 is 2.90. The molecule has 2 aromatic rings. The van der Waals surface area contributed by atoms with Crippen LogP contribution in [0.5, 0.6) is 0 Å². The van der Waals surface area contributed by atoms with E-state index in [0.29, 0.717) is 0 Å². The van der Waals surface area contributed by atoms with Crippen LogP contribution < -0.4 is 0 Å². The van der Waals surface area contributed by atoms with Crippen molar-refractivity contribution in [3.8, 4) is 0 Å². The van der Waals surface area contributed by atoms with Crippen LogP contribution in [0.3, 0.4) is 0 Å². The van der Waals surface area contributed by atoms with Crippen LogP contribution in [0, 0.1) is 0 Å². The summed E-state index contributed by atoms with van der Waals surface area (Å²) < 4.78 is 43.7. The van der Waals surface area contributed by atoms with Crippen LogP contribution in [0.15, 0.2) is 39.2 Å². The number of carbonyl (C=O) groups is 2. The zero-order chi connectivity index (χ0) is 15.8. The van der Waals surface area contributed by atoms with Crippen molar-refractivity contribution in [3.05, 3.63) is 57.5 Å². The van der Waals surface area contributed by atoms with Gasteiger partial charge < -0.3 is 9.52 Å². The lowest BCUT2D eigenvalue weighted by Gasteiger charge is -2.11. The summed E-state index contributed by atoms with van der Waals surface area (Å²) in [6, 6.07) is 5.08. The summed E-state index contributed by atoms with van der Waals surface area (Å²) in [6.45, 7) is 0. The maximum Gasteiger partial charge on any atom is 0.417 e. The second-order valence-electron chi connectivity index (χ2n) is 3.99. The van der Waals surface area contributed by atoms with Crippen molar-refractivity contribution in [2.45, 2.75) is 6.18 Å². The lowest BCUT2D eigenvalue weighted by Crippen LogP contribution is -2.13. The molecule has 1 heterocycles. The molecule has 2 rings (SSSR count). The van der Waals surface area contributed by atoms with Gasteiger partial charge in [-0.2, -0.15) is 13.2 Å². The maximum atomic E-state index is 12.9. The highest BCUT2D eigenvalue weighted by atomic mass is 79.9. The molecule has 0 spiro atoms. The Bertz CT molecular complexity index is 718. The van der Waals surface area contributed by atoms with Crippen LogP contribution in [-0.2, 0) is 6.18 Å². The summed E-state index contributed by atoms with van der Waals surface area (Å²) in [4.78, 5) is 22.7. The Balaban J connectivity index is 2.50. The van der Waals surface area contributed by atoms with E-state index in [1.165, 1.54) is 6.07 Å². The lowest BCUT2D eigenvalue weighted by molar-refractivity contribution is -0.137. The van der Waals surface area contributed by atoms with E-state index < -0.39 is 40.6 Å². The predicted molar refractivity (Wildman–Crippen MR) is 68.2 cm³/mol. The highest BCUT2D eigenvalue weighted by Gasteiger charge is 2.36. The molecule has 0 unspecified atom stereocenters. The van der Waals surface area contributed by atoms with Crippen LogP contribution in [0.4, 0.5) is 13.2 Å². The summed E-state index contributed by atoms with van der Waals surface area (Å²) in [6.07, 6.45) is -4.73. The first-order chi connectivity index (χ1) is 9.70. The van der Waals surface area contributed by atoms with E-state index in [9.17, 15) is 22.8 Å². The van der Waals surface area contributed by atoms with E-state index in [2.05, 4.69) is 15.9 Å². The monoisotopic (exact) mass is 362 g/mol. The fourth-order valence-corrected chi connectivity index (χ4v) is 2.02. The first-order valence-electron chi connectivity index (χ1n) is 5.44. The molecule has 0 bridgehead atoms. The van der Waals surface area contributed by atoms with E-state index in [4.69, 9.17) is 9.52 Å². The van der Waals surface area contributed by atoms with Crippen molar-refractivity contribution in [3.63, 3.8) is 0 Å². The van der Waals surface area contributed by atoms with Gasteiger partial charge in [-0.3, -0.25) is 4.79 Å². The normalized spacial score (nSPS) is 11.4. The number of carboxylic acid groups (broad SMARTS) is 1. The second kappa shape index (κ2) is 5.36. The Morgan fingerprint density at radius 2 is 1.71 bits per heavy atom. The van der Waals surface area contributed by atoms with Gasteiger partial charge in [-0.15, -0.1) is 0 Å². The van der Waals surface area contributed by atoms with E-state index in [0.717, 1.165) is 24.3 Å². The van der Waals surface area contributed by atoms with Crippen LogP contribution in [0.2, 0.25) is 0 Å². The average Bonchev–Trinajstić information content (AvgIpc) is 2.86. The minimum atomic E-state index is -4.73. The second-order valence-corrected chi connectivity index (χ2v) is 4.90. The van der Waals surface area contributed by atoms with Crippen LogP contribution in [0.25, 0.3) is 0 Å². The molecular formula is C13H6BrF3O4. The number of carbonyl (C=O) groups excluding carboxylic acids is 1. The lowest BCUT2D eigenvalue weighted by atomic mass is 10.0. The molecule has 0 aliphatic rings. The molecule has 110 valence electrons. The molecule has 4 nitrogen and oxygen atoms in total. The summed E-state index contributed by atoms with van der Waals surface area (Å²) in [7, 11) is 0. The van der Waals surface area contributed by atoms with Crippen LogP contribution in [0.1, 0.15) is 32.2 Å². The molecule has 1 aromatic carbocycles. The minimum absolute atomic E-state index is 0.164. The average molecular weight is 363 g/mol. The Morgan fingerprint density at radius 3 is 2.24 bits per heavy atom. The van der Waals surface area contributed by atoms with Crippen LogP contribution >= 0.6 is 15.9 Å². The first kappa shape index (κ1) is 15.3. The molecule has 0 aliphatic heterocycles. The highest BCUT2D eigenvalue weighted by molar-refractivity contribution is 9.10. The number of rotatable bonds is 3. The number of ketones is 1. The molecule has 0 saturated carbocycles. The zero-order valence-corrected chi connectivity index (χ0v) is 11.7. The maximum absolute atomic E-state index is 12.9. The number of hydrogen-bond acceptors (Lipinski definition) is 3. The molecule has 0 fully saturated rings. The Labute approximate surface area is 124 Å². The Hall–Kier alpha value is -2.09. The molecule has 21 heavy (non-hydrogen) atoms. The molecule has 0 atom stereocenters. The highest BCUT2D eigenvalue weighted by Crippen LogP contribution is 2.35. The number of aromatic carboxylic acids is 1. The molecule has 0 saturated heterocycles. The number of alkyl halides is 3. The molecule has 8 heteroatoms. The van der Waals surface area contributed by atoms with Gasteiger partial charge in [-0.25, -0.2) is 4.79 Å². The predicted octanol–water partition coefficient (Wildman–Crippen LogP) is 3.99. The molecule has 0 amide bonds. The topological polar surface area (TPSA) is 67.5 Å². The smallest absolute Gasteiger partial charge is 0.417 e. The van der Waals surface area contributed by atoms with Crippen LogP contribution in [-0.4, -0.2) is 16.9 Å². The summed E-state index contributed by atoms with van der Waals surface area (Å²) in [5.41, 5.74) is -1.74. The standard InChI is InChI=1S/C13H6BrF3O4/c14-6-1-2-7(8(5-6)13(15,16)17)11(18)9-3-4-10(21-9)12(19)20/h1-5H,(H,19,20). The van der Waals surface area contributed by atoms with Crippen molar-refractivity contribution in [1.82, 2.24) is 0 Å². The fraction of sp³-hybridized carbons (Fsp3) is 0.0769. The van der Waals surface area contributed by atoms with E-state index in [1.807, 2.05) is 0 Å². The van der Waals surface area contributed by atoms with Gasteiger partial charge in [-0.1, -0.05) is 15.9 Å². The molecule has 1 N–H and O–H groups in total. The van der Waals surface area contributed by atoms with Crippen molar-refractivity contribution in [1.29, 1.82) is 0 Å². The van der Waals surface area contributed by atoms with Gasteiger partial charge >= 0.3 is 12.1 Å². The first-order valence-corrected chi connectivity index (χ1v) is 6.24. The van der Waals surface area contributed by atoms with Gasteiger partial charge in [0, 0.05) is 10.0 Å². The van der Waals surface area contributed by atoms with Gasteiger partial charge in [0.05, 0.1) is 5.56 Å². The third-order valence-corrected chi connectivity index (χ3v) is 3.07. The molecule has 0 radical (unpaired) electrons. The van der Waals surface area contributed by atoms with E-state index in [-0.39, 0.29) is 4.47 Å². The number of carboxylic acids is 1. The number of furan rings is 1. The third-order valence-electron chi connectivity index (χ3n) is 2.57. The number of halogens is 4. The van der Waals surface area contributed by atoms with Crippen molar-refractivity contribution < 1.29 is 32.3 Å². The van der Waals surface area contributed by atoms with Gasteiger partial charge in [0.1, 0.15) is 0 Å². The van der Waals surface area contributed by atoms with Crippen molar-refractivity contribution >= 4 is 27.7 Å². The van der Waals surface area contributed by atoms with E-state index >= 15 is 0 Å². The SMILES string of the molecule is O=C(O)c1ccc(C(=O)c2ccc(Br)cc2C(F)(F)F)o1. The van der Waals surface area contributed by atoms with Crippen molar-refractivity contribution in [2.24, 2.45) is 0 Å². The fourth-order valence-electron chi connectivity index (χ4n) is 1.66. The van der Waals surface area contributed by atoms with Gasteiger partial charge in [0.2, 0.25) is 11.5 Å². The summed E-state index contributed by atoms with van der Waals surface area (Å²) in [5.74, 6) is -3.45. The quantitative estimate of drug-likeness (QED) is 0.838. The van der Waals surface area contributed by atoms with Gasteiger partial charge in [0.25, 0.3) is 0 Å². The third kappa shape index (κ3) is 3.15. The zero-order valence-electron chi connectivity index (χ0n) is 10.1.